The first-order chi connectivity index (χ1) is 9.56. The summed E-state index contributed by atoms with van der Waals surface area (Å²) in [6, 6.07) is 6.50. The van der Waals surface area contributed by atoms with Crippen LogP contribution in [-0.2, 0) is 6.42 Å². The number of hydrogen-bond donors (Lipinski definition) is 1. The number of anilines is 1. The summed E-state index contributed by atoms with van der Waals surface area (Å²) in [5.74, 6) is 0.701. The van der Waals surface area contributed by atoms with Gasteiger partial charge in [0.05, 0.1) is 4.92 Å². The van der Waals surface area contributed by atoms with Gasteiger partial charge < -0.3 is 5.32 Å². The number of hydrogen-bond acceptors (Lipinski definition) is 5. The zero-order chi connectivity index (χ0) is 14.5. The average Bonchev–Trinajstić information content (AvgIpc) is 2.43. The Balaban J connectivity index is 1.92. The lowest BCUT2D eigenvalue weighted by atomic mass is 10.1. The molecule has 0 radical (unpaired) electrons. The normalized spacial score (nSPS) is 10.3. The van der Waals surface area contributed by atoms with E-state index in [1.807, 2.05) is 6.92 Å². The van der Waals surface area contributed by atoms with Crippen LogP contribution >= 0.6 is 11.6 Å². The number of nitro groups is 1. The standard InChI is InChI=1S/C13H13ClN4O2/c1-9-8-16-13(14)17-12(9)15-7-6-10-2-4-11(5-3-10)18(19)20/h2-5,8H,6-7H2,1H3,(H,15,16,17). The van der Waals surface area contributed by atoms with Crippen LogP contribution in [0.15, 0.2) is 30.5 Å². The Hall–Kier alpha value is -2.21. The van der Waals surface area contributed by atoms with Gasteiger partial charge in [0.15, 0.2) is 0 Å². The largest absolute Gasteiger partial charge is 0.369 e. The van der Waals surface area contributed by atoms with Crippen molar-refractivity contribution in [2.75, 3.05) is 11.9 Å². The number of nitro benzene ring substituents is 1. The van der Waals surface area contributed by atoms with E-state index in [0.29, 0.717) is 12.4 Å². The third kappa shape index (κ3) is 3.64. The summed E-state index contributed by atoms with van der Waals surface area (Å²) in [7, 11) is 0. The molecule has 20 heavy (non-hydrogen) atoms. The summed E-state index contributed by atoms with van der Waals surface area (Å²) in [5.41, 5.74) is 2.03. The van der Waals surface area contributed by atoms with E-state index in [9.17, 15) is 10.1 Å². The monoisotopic (exact) mass is 292 g/mol. The molecule has 2 rings (SSSR count). The predicted octanol–water partition coefficient (Wildman–Crippen LogP) is 3.00. The minimum atomic E-state index is -0.408. The second-order valence-corrected chi connectivity index (χ2v) is 4.61. The molecule has 1 aromatic heterocycles. The molecule has 0 unspecified atom stereocenters. The van der Waals surface area contributed by atoms with Gasteiger partial charge in [0, 0.05) is 30.4 Å². The fourth-order valence-corrected chi connectivity index (χ4v) is 1.84. The Morgan fingerprint density at radius 2 is 2.05 bits per heavy atom. The van der Waals surface area contributed by atoms with E-state index in [-0.39, 0.29) is 11.0 Å². The minimum Gasteiger partial charge on any atom is -0.369 e. The second kappa shape index (κ2) is 6.29. The van der Waals surface area contributed by atoms with Crippen molar-refractivity contribution >= 4 is 23.1 Å². The molecular weight excluding hydrogens is 280 g/mol. The number of nitrogens with zero attached hydrogens (tertiary/aromatic N) is 3. The molecule has 104 valence electrons. The fourth-order valence-electron chi connectivity index (χ4n) is 1.71. The highest BCUT2D eigenvalue weighted by Gasteiger charge is 2.05. The van der Waals surface area contributed by atoms with Gasteiger partial charge in [-0.15, -0.1) is 0 Å². The summed E-state index contributed by atoms with van der Waals surface area (Å²) < 4.78 is 0. The molecule has 0 bridgehead atoms. The van der Waals surface area contributed by atoms with Gasteiger partial charge in [-0.1, -0.05) is 12.1 Å². The highest BCUT2D eigenvalue weighted by atomic mass is 35.5. The summed E-state index contributed by atoms with van der Waals surface area (Å²) in [4.78, 5) is 18.1. The quantitative estimate of drug-likeness (QED) is 0.520. The Kier molecular flexibility index (Phi) is 4.47. The number of rotatable bonds is 5. The molecule has 1 N–H and O–H groups in total. The summed E-state index contributed by atoms with van der Waals surface area (Å²) in [6.07, 6.45) is 2.39. The molecule has 6 nitrogen and oxygen atoms in total. The molecule has 0 fully saturated rings. The lowest BCUT2D eigenvalue weighted by Crippen LogP contribution is -2.08. The van der Waals surface area contributed by atoms with Gasteiger partial charge >= 0.3 is 0 Å². The first-order valence-electron chi connectivity index (χ1n) is 6.02. The smallest absolute Gasteiger partial charge is 0.269 e. The summed E-state index contributed by atoms with van der Waals surface area (Å²) in [6.45, 7) is 2.55. The highest BCUT2D eigenvalue weighted by Crippen LogP contribution is 2.14. The van der Waals surface area contributed by atoms with Crippen molar-refractivity contribution in [1.82, 2.24) is 9.97 Å². The van der Waals surface area contributed by atoms with Gasteiger partial charge in [0.25, 0.3) is 5.69 Å². The molecule has 7 heteroatoms. The van der Waals surface area contributed by atoms with Crippen LogP contribution in [0.2, 0.25) is 5.28 Å². The van der Waals surface area contributed by atoms with Crippen molar-refractivity contribution in [3.05, 3.63) is 57.0 Å². The molecule has 0 aliphatic heterocycles. The van der Waals surface area contributed by atoms with Crippen molar-refractivity contribution in [3.8, 4) is 0 Å². The first kappa shape index (κ1) is 14.2. The van der Waals surface area contributed by atoms with Crippen LogP contribution in [0.25, 0.3) is 0 Å². The van der Waals surface area contributed by atoms with E-state index < -0.39 is 4.92 Å². The second-order valence-electron chi connectivity index (χ2n) is 4.27. The van der Waals surface area contributed by atoms with E-state index >= 15 is 0 Å². The number of halogens is 1. The molecule has 0 amide bonds. The van der Waals surface area contributed by atoms with Gasteiger partial charge in [-0.3, -0.25) is 10.1 Å². The van der Waals surface area contributed by atoms with Crippen LogP contribution in [-0.4, -0.2) is 21.4 Å². The van der Waals surface area contributed by atoms with E-state index in [0.717, 1.165) is 17.5 Å². The van der Waals surface area contributed by atoms with Crippen LogP contribution in [0.5, 0.6) is 0 Å². The molecule has 0 saturated heterocycles. The first-order valence-corrected chi connectivity index (χ1v) is 6.40. The third-order valence-electron chi connectivity index (χ3n) is 2.80. The third-order valence-corrected chi connectivity index (χ3v) is 2.98. The van der Waals surface area contributed by atoms with Crippen LogP contribution in [0, 0.1) is 17.0 Å². The molecule has 0 spiro atoms. The summed E-state index contributed by atoms with van der Waals surface area (Å²) in [5, 5.41) is 13.9. The Bertz CT molecular complexity index is 616. The van der Waals surface area contributed by atoms with Crippen LogP contribution in [0.3, 0.4) is 0 Å². The van der Waals surface area contributed by atoms with Crippen LogP contribution in [0.1, 0.15) is 11.1 Å². The molecule has 0 saturated carbocycles. The van der Waals surface area contributed by atoms with Crippen molar-refractivity contribution in [3.63, 3.8) is 0 Å². The van der Waals surface area contributed by atoms with Gasteiger partial charge in [-0.2, -0.15) is 0 Å². The topological polar surface area (TPSA) is 81.0 Å². The van der Waals surface area contributed by atoms with E-state index in [1.165, 1.54) is 12.1 Å². The van der Waals surface area contributed by atoms with E-state index in [4.69, 9.17) is 11.6 Å². The summed E-state index contributed by atoms with van der Waals surface area (Å²) >= 11 is 5.73. The van der Waals surface area contributed by atoms with Crippen LogP contribution in [0.4, 0.5) is 11.5 Å². The van der Waals surface area contributed by atoms with Gasteiger partial charge in [0.2, 0.25) is 5.28 Å². The molecule has 0 aliphatic carbocycles. The maximum atomic E-state index is 10.5. The fraction of sp³-hybridized carbons (Fsp3) is 0.231. The number of aromatic nitrogens is 2. The Morgan fingerprint density at radius 3 is 2.70 bits per heavy atom. The highest BCUT2D eigenvalue weighted by molar-refractivity contribution is 6.28. The molecule has 1 heterocycles. The SMILES string of the molecule is Cc1cnc(Cl)nc1NCCc1ccc([N+](=O)[O-])cc1. The predicted molar refractivity (Wildman–Crippen MR) is 77.1 cm³/mol. The molecule has 0 atom stereocenters. The lowest BCUT2D eigenvalue weighted by molar-refractivity contribution is -0.384. The number of aryl methyl sites for hydroxylation is 1. The Morgan fingerprint density at radius 1 is 1.35 bits per heavy atom. The van der Waals surface area contributed by atoms with E-state index in [1.54, 1.807) is 18.3 Å². The molecule has 0 aliphatic rings. The van der Waals surface area contributed by atoms with Gasteiger partial charge in [-0.05, 0) is 30.5 Å². The molecule has 1 aromatic carbocycles. The number of nitrogens with one attached hydrogen (secondary N) is 1. The van der Waals surface area contributed by atoms with E-state index in [2.05, 4.69) is 15.3 Å². The number of benzene rings is 1. The van der Waals surface area contributed by atoms with Crippen LogP contribution < -0.4 is 5.32 Å². The van der Waals surface area contributed by atoms with Gasteiger partial charge in [-0.25, -0.2) is 9.97 Å². The van der Waals surface area contributed by atoms with Gasteiger partial charge in [0.1, 0.15) is 5.82 Å². The lowest BCUT2D eigenvalue weighted by Gasteiger charge is -2.08. The number of non-ortho nitro benzene ring substituents is 1. The van der Waals surface area contributed by atoms with Crippen molar-refractivity contribution in [2.24, 2.45) is 0 Å². The Labute approximate surface area is 121 Å². The molecule has 2 aromatic rings. The van der Waals surface area contributed by atoms with Crippen molar-refractivity contribution in [1.29, 1.82) is 0 Å². The zero-order valence-corrected chi connectivity index (χ0v) is 11.6. The van der Waals surface area contributed by atoms with Crippen molar-refractivity contribution in [2.45, 2.75) is 13.3 Å². The maximum absolute atomic E-state index is 10.5. The van der Waals surface area contributed by atoms with Crippen molar-refractivity contribution < 1.29 is 4.92 Å². The maximum Gasteiger partial charge on any atom is 0.269 e. The zero-order valence-electron chi connectivity index (χ0n) is 10.8. The molecular formula is C13H13ClN4O2. The average molecular weight is 293 g/mol. The minimum absolute atomic E-state index is 0.0973.